The molecule has 0 aliphatic carbocycles. The van der Waals surface area contributed by atoms with Gasteiger partial charge in [-0.05, 0) is 17.9 Å². The van der Waals surface area contributed by atoms with Crippen molar-refractivity contribution in [3.05, 3.63) is 35.0 Å². The number of hydrogen-bond donors (Lipinski definition) is 3. The maximum absolute atomic E-state index is 11.6. The molecule has 1 rings (SSSR count). The van der Waals surface area contributed by atoms with Crippen LogP contribution in [0.5, 0.6) is 0 Å². The zero-order valence-electron chi connectivity index (χ0n) is 10.8. The van der Waals surface area contributed by atoms with Crippen LogP contribution in [0.4, 0.5) is 0 Å². The highest BCUT2D eigenvalue weighted by Crippen LogP contribution is 2.05. The summed E-state index contributed by atoms with van der Waals surface area (Å²) in [5.41, 5.74) is 0.547. The van der Waals surface area contributed by atoms with Gasteiger partial charge in [-0.25, -0.2) is 4.79 Å². The Bertz CT molecular complexity index is 485. The zero-order chi connectivity index (χ0) is 15.0. The number of rotatable bonds is 8. The van der Waals surface area contributed by atoms with Crippen LogP contribution >= 0.6 is 11.3 Å². The van der Waals surface area contributed by atoms with E-state index in [1.54, 1.807) is 16.8 Å². The highest BCUT2D eigenvalue weighted by Gasteiger charge is 2.18. The van der Waals surface area contributed by atoms with E-state index in [2.05, 4.69) is 17.2 Å². The summed E-state index contributed by atoms with van der Waals surface area (Å²) in [6, 6.07) is 0.706. The first-order valence-electron chi connectivity index (χ1n) is 5.98. The first-order valence-corrected chi connectivity index (χ1v) is 6.92. The van der Waals surface area contributed by atoms with E-state index in [0.717, 1.165) is 0 Å². The average Bonchev–Trinajstić information content (AvgIpc) is 2.91. The summed E-state index contributed by atoms with van der Waals surface area (Å²) in [6.07, 6.45) is 1.61. The summed E-state index contributed by atoms with van der Waals surface area (Å²) in [5.74, 6) is -1.79. The molecular weight excluding hydrogens is 280 g/mol. The Morgan fingerprint density at radius 3 is 2.75 bits per heavy atom. The zero-order valence-corrected chi connectivity index (χ0v) is 11.6. The molecule has 7 heteroatoms. The summed E-state index contributed by atoms with van der Waals surface area (Å²) in [5, 5.41) is 17.3. The number of carbonyl (C=O) groups is 3. The molecule has 1 aromatic heterocycles. The van der Waals surface area contributed by atoms with Gasteiger partial charge in [-0.1, -0.05) is 6.08 Å². The Morgan fingerprint density at radius 1 is 1.45 bits per heavy atom. The number of carboxylic acid groups (broad SMARTS) is 1. The van der Waals surface area contributed by atoms with Gasteiger partial charge in [-0.15, -0.1) is 6.58 Å². The molecule has 6 nitrogen and oxygen atoms in total. The largest absolute Gasteiger partial charge is 0.480 e. The minimum absolute atomic E-state index is 0.0246. The van der Waals surface area contributed by atoms with Crippen molar-refractivity contribution in [3.63, 3.8) is 0 Å². The molecule has 0 bridgehead atoms. The molecule has 0 saturated heterocycles. The van der Waals surface area contributed by atoms with E-state index in [1.165, 1.54) is 17.4 Å². The highest BCUT2D eigenvalue weighted by molar-refractivity contribution is 7.08. The van der Waals surface area contributed by atoms with Gasteiger partial charge >= 0.3 is 5.97 Å². The van der Waals surface area contributed by atoms with Crippen molar-refractivity contribution < 1.29 is 19.5 Å². The predicted molar refractivity (Wildman–Crippen MR) is 75.6 cm³/mol. The van der Waals surface area contributed by atoms with Gasteiger partial charge in [0.15, 0.2) is 0 Å². The fourth-order valence-corrected chi connectivity index (χ4v) is 2.08. The van der Waals surface area contributed by atoms with Gasteiger partial charge in [0.05, 0.1) is 0 Å². The lowest BCUT2D eigenvalue weighted by Crippen LogP contribution is -2.41. The summed E-state index contributed by atoms with van der Waals surface area (Å²) in [4.78, 5) is 34.0. The molecule has 0 fully saturated rings. The number of aliphatic carboxylic acids is 1. The van der Waals surface area contributed by atoms with Crippen LogP contribution in [0.1, 0.15) is 23.2 Å². The van der Waals surface area contributed by atoms with Crippen LogP contribution in [0.25, 0.3) is 0 Å². The molecule has 108 valence electrons. The Labute approximate surface area is 120 Å². The van der Waals surface area contributed by atoms with Gasteiger partial charge in [0.25, 0.3) is 5.91 Å². The molecule has 1 aromatic rings. The summed E-state index contributed by atoms with van der Waals surface area (Å²) >= 11 is 1.41. The fraction of sp³-hybridized carbons (Fsp3) is 0.308. The topological polar surface area (TPSA) is 95.5 Å². The Morgan fingerprint density at radius 2 is 2.20 bits per heavy atom. The van der Waals surface area contributed by atoms with Crippen LogP contribution < -0.4 is 10.6 Å². The lowest BCUT2D eigenvalue weighted by Gasteiger charge is -2.12. The summed E-state index contributed by atoms with van der Waals surface area (Å²) in [7, 11) is 0. The smallest absolute Gasteiger partial charge is 0.326 e. The minimum Gasteiger partial charge on any atom is -0.480 e. The molecule has 0 radical (unpaired) electrons. The van der Waals surface area contributed by atoms with E-state index in [9.17, 15) is 14.4 Å². The molecule has 0 aliphatic rings. The Balaban J connectivity index is 2.31. The fourth-order valence-electron chi connectivity index (χ4n) is 1.44. The first-order chi connectivity index (χ1) is 9.54. The average molecular weight is 296 g/mol. The van der Waals surface area contributed by atoms with Crippen molar-refractivity contribution in [1.82, 2.24) is 10.6 Å². The lowest BCUT2D eigenvalue weighted by molar-refractivity contribution is -0.141. The molecule has 1 heterocycles. The van der Waals surface area contributed by atoms with Crippen LogP contribution in [0.15, 0.2) is 29.5 Å². The summed E-state index contributed by atoms with van der Waals surface area (Å²) < 4.78 is 0. The van der Waals surface area contributed by atoms with E-state index in [1.807, 2.05) is 0 Å². The number of amides is 2. The van der Waals surface area contributed by atoms with Crippen LogP contribution in [0.3, 0.4) is 0 Å². The van der Waals surface area contributed by atoms with Crippen molar-refractivity contribution >= 4 is 29.1 Å². The SMILES string of the molecule is C=CCC(NC(=O)CCNC(=O)c1ccsc1)C(=O)O. The van der Waals surface area contributed by atoms with Gasteiger partial charge in [-0.3, -0.25) is 9.59 Å². The quantitative estimate of drug-likeness (QED) is 0.624. The van der Waals surface area contributed by atoms with E-state index >= 15 is 0 Å². The Kier molecular flexibility index (Phi) is 6.45. The third kappa shape index (κ3) is 5.23. The van der Waals surface area contributed by atoms with E-state index in [-0.39, 0.29) is 25.3 Å². The highest BCUT2D eigenvalue weighted by atomic mass is 32.1. The molecule has 20 heavy (non-hydrogen) atoms. The standard InChI is InChI=1S/C13H16N2O4S/c1-2-3-10(13(18)19)15-11(16)4-6-14-12(17)9-5-7-20-8-9/h2,5,7-8,10H,1,3-4,6H2,(H,14,17)(H,15,16)(H,18,19). The van der Waals surface area contributed by atoms with Crippen LogP contribution in [-0.4, -0.2) is 35.5 Å². The van der Waals surface area contributed by atoms with E-state index in [0.29, 0.717) is 5.56 Å². The maximum Gasteiger partial charge on any atom is 0.326 e. The second-order valence-electron chi connectivity index (χ2n) is 4.00. The lowest BCUT2D eigenvalue weighted by atomic mass is 10.2. The number of nitrogens with one attached hydrogen (secondary N) is 2. The second kappa shape index (κ2) is 8.11. The van der Waals surface area contributed by atoms with Crippen LogP contribution in [0, 0.1) is 0 Å². The van der Waals surface area contributed by atoms with Gasteiger partial charge in [0.2, 0.25) is 5.91 Å². The Hall–Kier alpha value is -2.15. The van der Waals surface area contributed by atoms with Crippen molar-refractivity contribution in [2.24, 2.45) is 0 Å². The first kappa shape index (κ1) is 15.9. The third-order valence-corrected chi connectivity index (χ3v) is 3.14. The number of thiophene rings is 1. The summed E-state index contributed by atoms with van der Waals surface area (Å²) in [6.45, 7) is 3.59. The molecular formula is C13H16N2O4S. The van der Waals surface area contributed by atoms with Gasteiger partial charge in [-0.2, -0.15) is 11.3 Å². The molecule has 0 aliphatic heterocycles. The van der Waals surface area contributed by atoms with E-state index in [4.69, 9.17) is 5.11 Å². The van der Waals surface area contributed by atoms with Crippen molar-refractivity contribution in [1.29, 1.82) is 0 Å². The second-order valence-corrected chi connectivity index (χ2v) is 4.78. The molecule has 1 unspecified atom stereocenters. The number of carbonyl (C=O) groups excluding carboxylic acids is 2. The molecule has 0 saturated carbocycles. The van der Waals surface area contributed by atoms with Crippen molar-refractivity contribution in [3.8, 4) is 0 Å². The van der Waals surface area contributed by atoms with Crippen LogP contribution in [0.2, 0.25) is 0 Å². The van der Waals surface area contributed by atoms with Crippen molar-refractivity contribution in [2.75, 3.05) is 6.54 Å². The third-order valence-electron chi connectivity index (χ3n) is 2.46. The van der Waals surface area contributed by atoms with Gasteiger partial charge in [0, 0.05) is 23.9 Å². The number of carboxylic acids is 1. The minimum atomic E-state index is -1.11. The normalized spacial score (nSPS) is 11.4. The van der Waals surface area contributed by atoms with Crippen LogP contribution in [-0.2, 0) is 9.59 Å². The van der Waals surface area contributed by atoms with E-state index < -0.39 is 17.9 Å². The monoisotopic (exact) mass is 296 g/mol. The maximum atomic E-state index is 11.6. The molecule has 0 spiro atoms. The number of hydrogen-bond acceptors (Lipinski definition) is 4. The molecule has 1 atom stereocenters. The predicted octanol–water partition coefficient (Wildman–Crippen LogP) is 1.01. The van der Waals surface area contributed by atoms with Gasteiger partial charge < -0.3 is 15.7 Å². The molecule has 0 aromatic carbocycles. The van der Waals surface area contributed by atoms with Gasteiger partial charge in [0.1, 0.15) is 6.04 Å². The molecule has 2 amide bonds. The van der Waals surface area contributed by atoms with Crippen molar-refractivity contribution in [2.45, 2.75) is 18.9 Å². The molecule has 3 N–H and O–H groups in total.